The summed E-state index contributed by atoms with van der Waals surface area (Å²) in [6, 6.07) is 15.4. The van der Waals surface area contributed by atoms with Gasteiger partial charge in [0.15, 0.2) is 0 Å². The number of carbonyl (C=O) groups excluding carboxylic acids is 2. The van der Waals surface area contributed by atoms with Crippen LogP contribution < -0.4 is 5.48 Å². The Kier molecular flexibility index (Phi) is 4.98. The summed E-state index contributed by atoms with van der Waals surface area (Å²) in [5, 5.41) is 8.63. The number of hydrogen-bond acceptors (Lipinski definition) is 4. The Morgan fingerprint density at radius 3 is 2.57 bits per heavy atom. The lowest BCUT2D eigenvalue weighted by Crippen LogP contribution is -2.45. The molecule has 1 spiro atoms. The summed E-state index contributed by atoms with van der Waals surface area (Å²) in [6.45, 7) is 1.86. The first-order valence-electron chi connectivity index (χ1n) is 9.36. The van der Waals surface area contributed by atoms with Crippen molar-refractivity contribution in [2.24, 2.45) is 0 Å². The summed E-state index contributed by atoms with van der Waals surface area (Å²) < 4.78 is 6.17. The van der Waals surface area contributed by atoms with E-state index in [1.807, 2.05) is 23.1 Å². The van der Waals surface area contributed by atoms with E-state index in [1.54, 1.807) is 23.7 Å². The zero-order valence-electron chi connectivity index (χ0n) is 15.4. The Hall–Kier alpha value is -2.96. The van der Waals surface area contributed by atoms with Crippen LogP contribution in [-0.4, -0.2) is 35.0 Å². The zero-order valence-corrected chi connectivity index (χ0v) is 15.4. The molecular weight excluding hydrogens is 356 g/mol. The molecule has 2 aliphatic heterocycles. The minimum absolute atomic E-state index is 0.0641. The first kappa shape index (κ1) is 18.4. The van der Waals surface area contributed by atoms with E-state index < -0.39 is 5.91 Å². The third-order valence-electron chi connectivity index (χ3n) is 5.59. The molecule has 28 heavy (non-hydrogen) atoms. The maximum absolute atomic E-state index is 13.1. The van der Waals surface area contributed by atoms with E-state index in [0.29, 0.717) is 30.8 Å². The summed E-state index contributed by atoms with van der Waals surface area (Å²) in [4.78, 5) is 26.2. The van der Waals surface area contributed by atoms with E-state index in [9.17, 15) is 9.59 Å². The highest BCUT2D eigenvalue weighted by Crippen LogP contribution is 2.44. The van der Waals surface area contributed by atoms with Crippen LogP contribution in [0.5, 0.6) is 0 Å². The molecular formula is C22H22N2O4. The second-order valence-corrected chi connectivity index (χ2v) is 7.13. The third kappa shape index (κ3) is 3.32. The van der Waals surface area contributed by atoms with Crippen molar-refractivity contribution in [1.82, 2.24) is 10.4 Å². The normalized spacial score (nSPS) is 17.7. The van der Waals surface area contributed by atoms with Gasteiger partial charge >= 0.3 is 0 Å². The predicted octanol–water partition coefficient (Wildman–Crippen LogP) is 2.87. The molecule has 2 N–H and O–H groups in total. The number of piperidine rings is 1. The van der Waals surface area contributed by atoms with Crippen molar-refractivity contribution in [3.8, 4) is 0 Å². The summed E-state index contributed by atoms with van der Waals surface area (Å²) in [5.74, 6) is -0.704. The van der Waals surface area contributed by atoms with Crippen molar-refractivity contribution in [1.29, 1.82) is 0 Å². The first-order valence-corrected chi connectivity index (χ1v) is 9.36. The van der Waals surface area contributed by atoms with Gasteiger partial charge in [0.1, 0.15) is 0 Å². The van der Waals surface area contributed by atoms with E-state index in [2.05, 4.69) is 12.1 Å². The van der Waals surface area contributed by atoms with Gasteiger partial charge < -0.3 is 9.64 Å². The Balaban J connectivity index is 1.50. The Morgan fingerprint density at radius 2 is 1.79 bits per heavy atom. The minimum Gasteiger partial charge on any atom is -0.365 e. The van der Waals surface area contributed by atoms with Crippen LogP contribution in [0.4, 0.5) is 0 Å². The molecule has 0 saturated carbocycles. The van der Waals surface area contributed by atoms with Gasteiger partial charge in [0, 0.05) is 24.7 Å². The molecule has 2 aromatic carbocycles. The number of fused-ring (bicyclic) bond motifs is 2. The number of rotatable bonds is 3. The van der Waals surface area contributed by atoms with Crippen LogP contribution in [0.2, 0.25) is 0 Å². The molecule has 1 saturated heterocycles. The van der Waals surface area contributed by atoms with Crippen molar-refractivity contribution in [3.05, 3.63) is 76.9 Å². The Bertz CT molecular complexity index is 930. The zero-order chi connectivity index (χ0) is 19.6. The smallest absolute Gasteiger partial charge is 0.267 e. The maximum Gasteiger partial charge on any atom is 0.267 e. The maximum atomic E-state index is 13.1. The fourth-order valence-electron chi connectivity index (χ4n) is 4.08. The van der Waals surface area contributed by atoms with Gasteiger partial charge in [-0.2, -0.15) is 0 Å². The molecule has 144 valence electrons. The molecule has 0 unspecified atom stereocenters. The molecule has 2 amide bonds. The van der Waals surface area contributed by atoms with Crippen molar-refractivity contribution in [3.63, 3.8) is 0 Å². The van der Waals surface area contributed by atoms with Gasteiger partial charge in [0.05, 0.1) is 12.2 Å². The Labute approximate surface area is 163 Å². The van der Waals surface area contributed by atoms with E-state index in [0.717, 1.165) is 12.8 Å². The number of likely N-dealkylation sites (tertiary alicyclic amines) is 1. The largest absolute Gasteiger partial charge is 0.365 e. The van der Waals surface area contributed by atoms with E-state index >= 15 is 0 Å². The molecule has 2 heterocycles. The van der Waals surface area contributed by atoms with Crippen LogP contribution in [0.25, 0.3) is 6.08 Å². The summed E-state index contributed by atoms with van der Waals surface area (Å²) in [5.41, 5.74) is 4.92. The predicted molar refractivity (Wildman–Crippen MR) is 103 cm³/mol. The molecule has 0 aromatic heterocycles. The van der Waals surface area contributed by atoms with Gasteiger partial charge in [0.25, 0.3) is 11.8 Å². The quantitative estimate of drug-likeness (QED) is 0.489. The van der Waals surface area contributed by atoms with E-state index in [-0.39, 0.29) is 11.5 Å². The first-order chi connectivity index (χ1) is 13.6. The number of carbonyl (C=O) groups is 2. The highest BCUT2D eigenvalue weighted by atomic mass is 16.5. The van der Waals surface area contributed by atoms with Crippen LogP contribution in [-0.2, 0) is 21.7 Å². The highest BCUT2D eigenvalue weighted by Gasteiger charge is 2.43. The average Bonchev–Trinajstić information content (AvgIpc) is 3.10. The Morgan fingerprint density at radius 1 is 1.07 bits per heavy atom. The minimum atomic E-state index is -0.640. The van der Waals surface area contributed by atoms with Gasteiger partial charge in [0.2, 0.25) is 0 Å². The number of hydrogen-bond donors (Lipinski definition) is 2. The molecule has 2 aliphatic rings. The highest BCUT2D eigenvalue weighted by molar-refractivity contribution is 5.99. The van der Waals surface area contributed by atoms with Crippen LogP contribution in [0.3, 0.4) is 0 Å². The number of benzene rings is 2. The van der Waals surface area contributed by atoms with Gasteiger partial charge in [-0.15, -0.1) is 0 Å². The summed E-state index contributed by atoms with van der Waals surface area (Å²) in [7, 11) is 0. The van der Waals surface area contributed by atoms with Crippen LogP contribution >= 0.6 is 0 Å². The number of amides is 2. The van der Waals surface area contributed by atoms with Gasteiger partial charge in [-0.3, -0.25) is 14.8 Å². The second-order valence-electron chi connectivity index (χ2n) is 7.13. The van der Waals surface area contributed by atoms with Gasteiger partial charge in [-0.1, -0.05) is 42.5 Å². The van der Waals surface area contributed by atoms with Crippen LogP contribution in [0, 0.1) is 0 Å². The SMILES string of the molecule is O=C(/C=C/c1ccccc1C(=O)N1CCC2(CC1)OCc1ccccc12)NO. The molecule has 4 rings (SSSR count). The lowest BCUT2D eigenvalue weighted by molar-refractivity contribution is -0.124. The number of nitrogens with one attached hydrogen (secondary N) is 1. The van der Waals surface area contributed by atoms with Crippen molar-refractivity contribution < 1.29 is 19.5 Å². The van der Waals surface area contributed by atoms with Crippen molar-refractivity contribution in [2.45, 2.75) is 25.0 Å². The molecule has 1 fully saturated rings. The van der Waals surface area contributed by atoms with Crippen LogP contribution in [0.1, 0.15) is 39.9 Å². The molecule has 0 bridgehead atoms. The third-order valence-corrected chi connectivity index (χ3v) is 5.59. The number of nitrogens with zero attached hydrogens (tertiary/aromatic N) is 1. The monoisotopic (exact) mass is 378 g/mol. The molecule has 0 radical (unpaired) electrons. The van der Waals surface area contributed by atoms with E-state index in [1.165, 1.54) is 23.3 Å². The topological polar surface area (TPSA) is 78.9 Å². The lowest BCUT2D eigenvalue weighted by atomic mass is 9.83. The molecule has 6 nitrogen and oxygen atoms in total. The van der Waals surface area contributed by atoms with Gasteiger partial charge in [-0.05, 0) is 41.7 Å². The standard InChI is InChI=1S/C22H22N2O4/c25-20(23-27)10-9-16-5-1-3-7-18(16)21(26)24-13-11-22(12-14-24)19-8-4-2-6-17(19)15-28-22/h1-10,27H,11-15H2,(H,23,25)/b10-9+. The summed E-state index contributed by atoms with van der Waals surface area (Å²) in [6.07, 6.45) is 4.25. The van der Waals surface area contributed by atoms with Crippen molar-refractivity contribution in [2.75, 3.05) is 13.1 Å². The molecule has 6 heteroatoms. The molecule has 2 aromatic rings. The van der Waals surface area contributed by atoms with Crippen LogP contribution in [0.15, 0.2) is 54.6 Å². The summed E-state index contributed by atoms with van der Waals surface area (Å²) >= 11 is 0. The molecule has 0 atom stereocenters. The number of hydroxylamine groups is 1. The second kappa shape index (κ2) is 7.58. The van der Waals surface area contributed by atoms with E-state index in [4.69, 9.17) is 9.94 Å². The molecule has 0 aliphatic carbocycles. The lowest BCUT2D eigenvalue weighted by Gasteiger charge is -2.39. The number of ether oxygens (including phenoxy) is 1. The fraction of sp³-hybridized carbons (Fsp3) is 0.273. The van der Waals surface area contributed by atoms with Crippen molar-refractivity contribution >= 4 is 17.9 Å². The van der Waals surface area contributed by atoms with Gasteiger partial charge in [-0.25, -0.2) is 5.48 Å². The average molecular weight is 378 g/mol. The fourth-order valence-corrected chi connectivity index (χ4v) is 4.08.